The highest BCUT2D eigenvalue weighted by Gasteiger charge is 2.16. The summed E-state index contributed by atoms with van der Waals surface area (Å²) in [6.07, 6.45) is 0. The van der Waals surface area contributed by atoms with Crippen molar-refractivity contribution in [1.82, 2.24) is 4.90 Å². The van der Waals surface area contributed by atoms with Crippen LogP contribution in [-0.2, 0) is 0 Å². The van der Waals surface area contributed by atoms with Gasteiger partial charge >= 0.3 is 6.61 Å². The van der Waals surface area contributed by atoms with Crippen LogP contribution in [0.3, 0.4) is 0 Å². The van der Waals surface area contributed by atoms with E-state index < -0.39 is 12.5 Å². The molecule has 0 fully saturated rings. The molecule has 5 nitrogen and oxygen atoms in total. The number of anilines is 1. The number of para-hydroxylation sites is 1. The molecule has 26 heavy (non-hydrogen) atoms. The van der Waals surface area contributed by atoms with E-state index in [2.05, 4.69) is 10.1 Å². The molecule has 0 radical (unpaired) electrons. The summed E-state index contributed by atoms with van der Waals surface area (Å²) < 4.78 is 29.3. The average Bonchev–Trinajstić information content (AvgIpc) is 2.63. The lowest BCUT2D eigenvalue weighted by Crippen LogP contribution is -2.30. The number of nitrogens with one attached hydrogen (secondary N) is 1. The Labute approximate surface area is 150 Å². The molecule has 0 atom stereocenters. The van der Waals surface area contributed by atoms with Gasteiger partial charge in [0.2, 0.25) is 0 Å². The minimum atomic E-state index is -3.02. The normalized spacial score (nSPS) is 10.5. The lowest BCUT2D eigenvalue weighted by molar-refractivity contribution is -0.0501. The summed E-state index contributed by atoms with van der Waals surface area (Å²) in [4.78, 5) is 26.3. The van der Waals surface area contributed by atoms with Crippen molar-refractivity contribution in [3.63, 3.8) is 0 Å². The number of alkyl halides is 2. The smallest absolute Gasteiger partial charge is 0.387 e. The topological polar surface area (TPSA) is 58.6 Å². The zero-order chi connectivity index (χ0) is 19.1. The second kappa shape index (κ2) is 8.94. The Bertz CT molecular complexity index is 760. The van der Waals surface area contributed by atoms with Crippen molar-refractivity contribution in [2.24, 2.45) is 0 Å². The number of nitrogens with zero attached hydrogens (tertiary/aromatic N) is 1. The van der Waals surface area contributed by atoms with Gasteiger partial charge in [0, 0.05) is 24.3 Å². The molecular formula is C19H20F2N2O3. The number of rotatable bonds is 7. The zero-order valence-corrected chi connectivity index (χ0v) is 14.5. The summed E-state index contributed by atoms with van der Waals surface area (Å²) in [5.74, 6) is -0.874. The first-order valence-corrected chi connectivity index (χ1v) is 8.20. The van der Waals surface area contributed by atoms with Gasteiger partial charge in [-0.05, 0) is 50.2 Å². The van der Waals surface area contributed by atoms with Crippen LogP contribution in [0.15, 0.2) is 48.5 Å². The molecule has 2 rings (SSSR count). The van der Waals surface area contributed by atoms with Crippen molar-refractivity contribution in [1.29, 1.82) is 0 Å². The summed E-state index contributed by atoms with van der Waals surface area (Å²) in [5.41, 5.74) is 0.946. The largest absolute Gasteiger partial charge is 0.434 e. The molecule has 0 spiro atoms. The number of ether oxygens (including phenoxy) is 1. The van der Waals surface area contributed by atoms with Crippen LogP contribution in [0, 0.1) is 0 Å². The number of halogens is 2. The van der Waals surface area contributed by atoms with E-state index in [0.29, 0.717) is 24.3 Å². The van der Waals surface area contributed by atoms with Crippen LogP contribution in [0.5, 0.6) is 5.75 Å². The zero-order valence-electron chi connectivity index (χ0n) is 14.5. The van der Waals surface area contributed by atoms with Crippen LogP contribution in [-0.4, -0.2) is 36.4 Å². The first-order valence-electron chi connectivity index (χ1n) is 8.20. The molecule has 0 aromatic heterocycles. The van der Waals surface area contributed by atoms with Gasteiger partial charge in [-0.1, -0.05) is 12.1 Å². The Morgan fingerprint density at radius 1 is 1.04 bits per heavy atom. The Morgan fingerprint density at radius 2 is 1.65 bits per heavy atom. The highest BCUT2D eigenvalue weighted by Crippen LogP contribution is 2.22. The van der Waals surface area contributed by atoms with Crippen molar-refractivity contribution < 1.29 is 23.1 Å². The predicted octanol–water partition coefficient (Wildman–Crippen LogP) is 4.02. The molecule has 0 saturated carbocycles. The maximum Gasteiger partial charge on any atom is 0.387 e. The van der Waals surface area contributed by atoms with E-state index in [1.807, 2.05) is 13.8 Å². The Morgan fingerprint density at radius 3 is 2.23 bits per heavy atom. The number of carbonyl (C=O) groups is 2. The molecule has 138 valence electrons. The molecule has 0 bridgehead atoms. The lowest BCUT2D eigenvalue weighted by atomic mass is 10.1. The van der Waals surface area contributed by atoms with Gasteiger partial charge in [0.25, 0.3) is 11.8 Å². The van der Waals surface area contributed by atoms with Gasteiger partial charge in [-0.3, -0.25) is 9.59 Å². The van der Waals surface area contributed by atoms with E-state index in [4.69, 9.17) is 0 Å². The molecule has 0 heterocycles. The van der Waals surface area contributed by atoms with Crippen LogP contribution in [0.2, 0.25) is 0 Å². The van der Waals surface area contributed by atoms with Gasteiger partial charge in [0.05, 0.1) is 5.56 Å². The number of hydrogen-bond acceptors (Lipinski definition) is 3. The summed E-state index contributed by atoms with van der Waals surface area (Å²) in [7, 11) is 0. The minimum Gasteiger partial charge on any atom is -0.434 e. The second-order valence-corrected chi connectivity index (χ2v) is 5.38. The van der Waals surface area contributed by atoms with Gasteiger partial charge < -0.3 is 15.0 Å². The summed E-state index contributed by atoms with van der Waals surface area (Å²) >= 11 is 0. The monoisotopic (exact) mass is 362 g/mol. The van der Waals surface area contributed by atoms with Gasteiger partial charge in [-0.25, -0.2) is 0 Å². The fourth-order valence-corrected chi connectivity index (χ4v) is 2.44. The van der Waals surface area contributed by atoms with Gasteiger partial charge in [-0.15, -0.1) is 0 Å². The standard InChI is InChI=1S/C19H20F2N2O3/c1-3-23(4-2)18(25)13-9-11-14(12-10-13)22-17(24)15-7-5-6-8-16(15)26-19(20)21/h5-12,19H,3-4H2,1-2H3,(H,22,24). The van der Waals surface area contributed by atoms with Crippen molar-refractivity contribution in [2.45, 2.75) is 20.5 Å². The fourth-order valence-electron chi connectivity index (χ4n) is 2.44. The summed E-state index contributed by atoms with van der Waals surface area (Å²) in [5, 5.41) is 2.61. The van der Waals surface area contributed by atoms with Crippen LogP contribution in [0.25, 0.3) is 0 Å². The van der Waals surface area contributed by atoms with Crippen molar-refractivity contribution >= 4 is 17.5 Å². The van der Waals surface area contributed by atoms with E-state index in [1.165, 1.54) is 18.2 Å². The molecule has 7 heteroatoms. The SMILES string of the molecule is CCN(CC)C(=O)c1ccc(NC(=O)c2ccccc2OC(F)F)cc1. The quantitative estimate of drug-likeness (QED) is 0.809. The van der Waals surface area contributed by atoms with E-state index in [0.717, 1.165) is 0 Å². The molecule has 2 aromatic carbocycles. The number of amides is 2. The Hall–Kier alpha value is -2.96. The maximum atomic E-state index is 12.4. The molecule has 0 aliphatic rings. The highest BCUT2D eigenvalue weighted by atomic mass is 19.3. The molecule has 0 aliphatic carbocycles. The molecule has 0 saturated heterocycles. The van der Waals surface area contributed by atoms with Crippen molar-refractivity contribution in [2.75, 3.05) is 18.4 Å². The third-order valence-electron chi connectivity index (χ3n) is 3.79. The third kappa shape index (κ3) is 4.78. The molecule has 1 N–H and O–H groups in total. The summed E-state index contributed by atoms with van der Waals surface area (Å²) in [6, 6.07) is 12.1. The molecule has 0 aliphatic heterocycles. The molecule has 2 amide bonds. The minimum absolute atomic E-state index is 0.00362. The van der Waals surface area contributed by atoms with Crippen molar-refractivity contribution in [3.05, 3.63) is 59.7 Å². The maximum absolute atomic E-state index is 12.4. The van der Waals surface area contributed by atoms with Gasteiger partial charge in [0.1, 0.15) is 5.75 Å². The van der Waals surface area contributed by atoms with Gasteiger partial charge in [0.15, 0.2) is 0 Å². The van der Waals surface area contributed by atoms with Crippen LogP contribution in [0.4, 0.5) is 14.5 Å². The predicted molar refractivity (Wildman–Crippen MR) is 94.7 cm³/mol. The van der Waals surface area contributed by atoms with Crippen molar-refractivity contribution in [3.8, 4) is 5.75 Å². The van der Waals surface area contributed by atoms with E-state index in [9.17, 15) is 18.4 Å². The average molecular weight is 362 g/mol. The Kier molecular flexibility index (Phi) is 6.66. The first kappa shape index (κ1) is 19.4. The Balaban J connectivity index is 2.12. The van der Waals surface area contributed by atoms with Crippen LogP contribution < -0.4 is 10.1 Å². The van der Waals surface area contributed by atoms with Gasteiger partial charge in [-0.2, -0.15) is 8.78 Å². The molecule has 0 unspecified atom stereocenters. The van der Waals surface area contributed by atoms with E-state index in [1.54, 1.807) is 35.2 Å². The molecular weight excluding hydrogens is 342 g/mol. The van der Waals surface area contributed by atoms with E-state index >= 15 is 0 Å². The number of carbonyl (C=O) groups excluding carboxylic acids is 2. The fraction of sp³-hybridized carbons (Fsp3) is 0.263. The molecule has 2 aromatic rings. The third-order valence-corrected chi connectivity index (χ3v) is 3.79. The second-order valence-electron chi connectivity index (χ2n) is 5.38. The van der Waals surface area contributed by atoms with Crippen LogP contribution >= 0.6 is 0 Å². The first-order chi connectivity index (χ1) is 12.5. The highest BCUT2D eigenvalue weighted by molar-refractivity contribution is 6.06. The summed E-state index contributed by atoms with van der Waals surface area (Å²) in [6.45, 7) is 1.99. The lowest BCUT2D eigenvalue weighted by Gasteiger charge is -2.18. The number of benzene rings is 2. The number of hydrogen-bond donors (Lipinski definition) is 1. The van der Waals surface area contributed by atoms with Crippen LogP contribution in [0.1, 0.15) is 34.6 Å². The van der Waals surface area contributed by atoms with E-state index in [-0.39, 0.29) is 17.2 Å².